The van der Waals surface area contributed by atoms with Crippen molar-refractivity contribution in [1.29, 1.82) is 0 Å². The zero-order chi connectivity index (χ0) is 28.7. The number of fused-ring (bicyclic) bond motifs is 2. The van der Waals surface area contributed by atoms with Gasteiger partial charge in [0.05, 0.1) is 17.4 Å². The van der Waals surface area contributed by atoms with E-state index in [4.69, 9.17) is 0 Å². The van der Waals surface area contributed by atoms with Crippen LogP contribution >= 0.6 is 12.4 Å². The van der Waals surface area contributed by atoms with Crippen LogP contribution in [0, 0.1) is 5.41 Å². The number of benzene rings is 2. The Balaban J connectivity index is 0.00000353. The molecular weight excluding hydrogens is 550 g/mol. The third-order valence-corrected chi connectivity index (χ3v) is 10.3. The van der Waals surface area contributed by atoms with Gasteiger partial charge in [0.15, 0.2) is 0 Å². The van der Waals surface area contributed by atoms with Gasteiger partial charge in [0.2, 0.25) is 0 Å². The molecule has 0 radical (unpaired) electrons. The summed E-state index contributed by atoms with van der Waals surface area (Å²) in [5, 5.41) is 14.6. The molecule has 2 atom stereocenters. The number of anilines is 1. The molecule has 3 aliphatic heterocycles. The standard InChI is InChI=1S/C33H45N5O3.ClH/c1-4-36-15-16-38(22-30(39)28-17-23-7-5-6-8-25(23)21-34-28)32(41)27-10-9-24(18-29(27)36)31(40)37-13-11-33(12-14-37)19-26(20-33)35(2)3;/h5-10,18,26,28,30,34,39H,4,11-17,19-22H2,1-3H3;1H/t28-,30+;/m0./s1. The molecule has 1 aliphatic carbocycles. The van der Waals surface area contributed by atoms with Gasteiger partial charge in [0.1, 0.15) is 0 Å². The zero-order valence-electron chi connectivity index (χ0n) is 25.2. The van der Waals surface area contributed by atoms with E-state index >= 15 is 0 Å². The van der Waals surface area contributed by atoms with Crippen molar-refractivity contribution in [3.8, 4) is 0 Å². The van der Waals surface area contributed by atoms with E-state index in [0.29, 0.717) is 35.7 Å². The van der Waals surface area contributed by atoms with E-state index in [2.05, 4.69) is 48.3 Å². The summed E-state index contributed by atoms with van der Waals surface area (Å²) in [7, 11) is 4.32. The van der Waals surface area contributed by atoms with Crippen molar-refractivity contribution in [1.82, 2.24) is 20.0 Å². The van der Waals surface area contributed by atoms with Crippen molar-refractivity contribution in [3.05, 3.63) is 64.7 Å². The van der Waals surface area contributed by atoms with Gasteiger partial charge >= 0.3 is 0 Å². The van der Waals surface area contributed by atoms with Crippen LogP contribution in [-0.2, 0) is 13.0 Å². The SMILES string of the molecule is CCN1CCN(C[C@@H](O)[C@@H]2Cc3ccccc3CN2)C(=O)c2ccc(C(=O)N3CCC4(CC3)CC(N(C)C)C4)cc21.Cl. The van der Waals surface area contributed by atoms with Gasteiger partial charge in [0, 0.05) is 63.5 Å². The lowest BCUT2D eigenvalue weighted by Crippen LogP contribution is -2.54. The molecule has 2 aromatic carbocycles. The van der Waals surface area contributed by atoms with E-state index in [9.17, 15) is 14.7 Å². The molecule has 0 bridgehead atoms. The zero-order valence-corrected chi connectivity index (χ0v) is 26.0. The number of aliphatic hydroxyl groups excluding tert-OH is 1. The van der Waals surface area contributed by atoms with Crippen LogP contribution in [0.15, 0.2) is 42.5 Å². The first kappa shape index (κ1) is 30.8. The molecule has 228 valence electrons. The second-order valence-corrected chi connectivity index (χ2v) is 12.9. The Bertz CT molecular complexity index is 1290. The van der Waals surface area contributed by atoms with Crippen LogP contribution < -0.4 is 10.2 Å². The maximum atomic E-state index is 13.8. The first-order chi connectivity index (χ1) is 19.8. The Morgan fingerprint density at radius 1 is 1.05 bits per heavy atom. The highest BCUT2D eigenvalue weighted by Gasteiger charge is 2.47. The maximum absolute atomic E-state index is 13.8. The molecular formula is C33H46ClN5O3. The first-order valence-corrected chi connectivity index (χ1v) is 15.4. The van der Waals surface area contributed by atoms with E-state index < -0.39 is 6.10 Å². The van der Waals surface area contributed by atoms with Gasteiger partial charge in [-0.15, -0.1) is 12.4 Å². The number of carbonyl (C=O) groups is 2. The smallest absolute Gasteiger partial charge is 0.256 e. The van der Waals surface area contributed by atoms with Crippen LogP contribution in [0.4, 0.5) is 5.69 Å². The number of hydrogen-bond acceptors (Lipinski definition) is 6. The molecule has 0 aromatic heterocycles. The number of aliphatic hydroxyl groups is 1. The molecule has 8 nitrogen and oxygen atoms in total. The van der Waals surface area contributed by atoms with E-state index in [1.165, 1.54) is 24.0 Å². The molecule has 3 heterocycles. The average molecular weight is 596 g/mol. The van der Waals surface area contributed by atoms with Gasteiger partial charge in [-0.1, -0.05) is 24.3 Å². The molecule has 2 amide bonds. The average Bonchev–Trinajstić information content (AvgIpc) is 3.10. The number of amides is 2. The molecule has 42 heavy (non-hydrogen) atoms. The fourth-order valence-corrected chi connectivity index (χ4v) is 7.43. The highest BCUT2D eigenvalue weighted by Crippen LogP contribution is 2.50. The Morgan fingerprint density at radius 2 is 1.74 bits per heavy atom. The number of β-amino-alcohol motifs (C(OH)–C–C–N with tert-alkyl or cyclic N) is 1. The van der Waals surface area contributed by atoms with Gasteiger partial charge in [-0.2, -0.15) is 0 Å². The molecule has 1 saturated heterocycles. The van der Waals surface area contributed by atoms with Crippen molar-refractivity contribution < 1.29 is 14.7 Å². The predicted octanol–water partition coefficient (Wildman–Crippen LogP) is 3.41. The number of likely N-dealkylation sites (N-methyl/N-ethyl adjacent to an activating group) is 1. The fraction of sp³-hybridized carbons (Fsp3) is 0.576. The fourth-order valence-electron chi connectivity index (χ4n) is 7.43. The number of halogens is 1. The number of nitrogens with zero attached hydrogens (tertiary/aromatic N) is 4. The number of likely N-dealkylation sites (tertiary alicyclic amines) is 1. The molecule has 2 N–H and O–H groups in total. The lowest BCUT2D eigenvalue weighted by Gasteiger charge is -2.54. The number of carbonyl (C=O) groups excluding carboxylic acids is 2. The van der Waals surface area contributed by atoms with Crippen molar-refractivity contribution in [2.75, 3.05) is 58.3 Å². The number of rotatable bonds is 6. The van der Waals surface area contributed by atoms with Crippen LogP contribution in [0.1, 0.15) is 64.4 Å². The summed E-state index contributed by atoms with van der Waals surface area (Å²) in [4.78, 5) is 35.6. The summed E-state index contributed by atoms with van der Waals surface area (Å²) in [6.07, 6.45) is 4.71. The Morgan fingerprint density at radius 3 is 2.43 bits per heavy atom. The Kier molecular flexibility index (Phi) is 9.19. The second kappa shape index (κ2) is 12.5. The topological polar surface area (TPSA) is 79.4 Å². The summed E-state index contributed by atoms with van der Waals surface area (Å²) < 4.78 is 0. The van der Waals surface area contributed by atoms with Crippen LogP contribution in [0.2, 0.25) is 0 Å². The van der Waals surface area contributed by atoms with Crippen molar-refractivity contribution in [3.63, 3.8) is 0 Å². The highest BCUT2D eigenvalue weighted by atomic mass is 35.5. The molecule has 9 heteroatoms. The third-order valence-electron chi connectivity index (χ3n) is 10.3. The van der Waals surface area contributed by atoms with Gasteiger partial charge in [-0.25, -0.2) is 0 Å². The van der Waals surface area contributed by atoms with Crippen LogP contribution in [0.25, 0.3) is 0 Å². The number of nitrogens with one attached hydrogen (secondary N) is 1. The predicted molar refractivity (Wildman–Crippen MR) is 169 cm³/mol. The normalized spacial score (nSPS) is 22.6. The molecule has 1 saturated carbocycles. The maximum Gasteiger partial charge on any atom is 0.256 e. The van der Waals surface area contributed by atoms with E-state index in [1.807, 2.05) is 35.2 Å². The summed E-state index contributed by atoms with van der Waals surface area (Å²) in [5.41, 5.74) is 5.03. The minimum absolute atomic E-state index is 0. The van der Waals surface area contributed by atoms with Crippen molar-refractivity contribution in [2.24, 2.45) is 5.41 Å². The molecule has 2 aromatic rings. The first-order valence-electron chi connectivity index (χ1n) is 15.4. The largest absolute Gasteiger partial charge is 0.390 e. The lowest BCUT2D eigenvalue weighted by atomic mass is 9.60. The summed E-state index contributed by atoms with van der Waals surface area (Å²) in [5.74, 6) is -0.0135. The summed E-state index contributed by atoms with van der Waals surface area (Å²) in [6, 6.07) is 14.5. The van der Waals surface area contributed by atoms with Gasteiger partial charge in [-0.3, -0.25) is 9.59 Å². The third kappa shape index (κ3) is 5.91. The van der Waals surface area contributed by atoms with E-state index in [-0.39, 0.29) is 36.8 Å². The van der Waals surface area contributed by atoms with Crippen LogP contribution in [0.3, 0.4) is 0 Å². The molecule has 1 spiro atoms. The van der Waals surface area contributed by atoms with E-state index in [0.717, 1.165) is 51.1 Å². The highest BCUT2D eigenvalue weighted by molar-refractivity contribution is 6.03. The van der Waals surface area contributed by atoms with Crippen LogP contribution in [-0.4, -0.2) is 103 Å². The van der Waals surface area contributed by atoms with Gasteiger partial charge in [-0.05, 0) is 87.9 Å². The number of hydrogen-bond donors (Lipinski definition) is 2. The quantitative estimate of drug-likeness (QED) is 0.533. The molecule has 2 fully saturated rings. The van der Waals surface area contributed by atoms with Crippen molar-refractivity contribution in [2.45, 2.75) is 63.8 Å². The molecule has 0 unspecified atom stereocenters. The van der Waals surface area contributed by atoms with Gasteiger partial charge in [0.25, 0.3) is 11.8 Å². The van der Waals surface area contributed by atoms with Crippen molar-refractivity contribution >= 4 is 29.9 Å². The summed E-state index contributed by atoms with van der Waals surface area (Å²) >= 11 is 0. The monoisotopic (exact) mass is 595 g/mol. The van der Waals surface area contributed by atoms with E-state index in [1.54, 1.807) is 4.90 Å². The Labute approximate surface area is 256 Å². The van der Waals surface area contributed by atoms with Gasteiger partial charge < -0.3 is 30.0 Å². The Hall–Kier alpha value is -2.65. The minimum Gasteiger partial charge on any atom is -0.390 e. The van der Waals surface area contributed by atoms with Crippen LogP contribution in [0.5, 0.6) is 0 Å². The molecule has 4 aliphatic rings. The second-order valence-electron chi connectivity index (χ2n) is 12.9. The lowest BCUT2D eigenvalue weighted by molar-refractivity contribution is -0.0231. The minimum atomic E-state index is -0.671. The molecule has 6 rings (SSSR count). The number of piperidine rings is 1. The summed E-state index contributed by atoms with van der Waals surface area (Å²) in [6.45, 7) is 6.64.